The fourth-order valence-corrected chi connectivity index (χ4v) is 2.58. The highest BCUT2D eigenvalue weighted by Crippen LogP contribution is 2.22. The number of hydrogen-bond acceptors (Lipinski definition) is 3. The maximum Gasteiger partial charge on any atom is 0.116 e. The van der Waals surface area contributed by atoms with E-state index in [0.29, 0.717) is 0 Å². The molecule has 0 aliphatic carbocycles. The molecule has 0 fully saturated rings. The van der Waals surface area contributed by atoms with Crippen LogP contribution in [0.1, 0.15) is 40.0 Å². The Hall–Kier alpha value is -1.64. The molecule has 0 spiro atoms. The minimum atomic E-state index is 0.214. The molecule has 104 valence electrons. The zero-order valence-electron chi connectivity index (χ0n) is 12.2. The molecule has 0 atom stereocenters. The molecule has 2 N–H and O–H groups in total. The third kappa shape index (κ3) is 3.03. The number of hydrogen-bond donors (Lipinski definition) is 2. The van der Waals surface area contributed by atoms with Gasteiger partial charge in [0.15, 0.2) is 0 Å². The standard InChI is InChI=1S/C16H25N3/c1-4-16(5-2,6-3)17-15-12-13-19(18-15)14-10-8-7-9-11-14/h7-12,17-18H,4-6,13H2,1-3H3. The Morgan fingerprint density at radius 3 is 2.32 bits per heavy atom. The molecule has 0 aromatic heterocycles. The fraction of sp³-hybridized carbons (Fsp3) is 0.500. The van der Waals surface area contributed by atoms with Crippen molar-refractivity contribution in [3.05, 3.63) is 42.2 Å². The minimum absolute atomic E-state index is 0.214. The Morgan fingerprint density at radius 1 is 1.11 bits per heavy atom. The van der Waals surface area contributed by atoms with Gasteiger partial charge in [0.25, 0.3) is 0 Å². The normalized spacial score (nSPS) is 15.1. The van der Waals surface area contributed by atoms with Crippen molar-refractivity contribution in [3.8, 4) is 0 Å². The SMILES string of the molecule is CCC(CC)(CC)NC1=CCN(c2ccccc2)N1. The van der Waals surface area contributed by atoms with E-state index < -0.39 is 0 Å². The summed E-state index contributed by atoms with van der Waals surface area (Å²) < 4.78 is 0. The van der Waals surface area contributed by atoms with E-state index in [-0.39, 0.29) is 5.54 Å². The molecule has 1 heterocycles. The van der Waals surface area contributed by atoms with Gasteiger partial charge in [-0.25, -0.2) is 0 Å². The molecule has 0 bridgehead atoms. The van der Waals surface area contributed by atoms with E-state index >= 15 is 0 Å². The lowest BCUT2D eigenvalue weighted by atomic mass is 9.90. The van der Waals surface area contributed by atoms with Crippen molar-refractivity contribution >= 4 is 5.69 Å². The van der Waals surface area contributed by atoms with Crippen molar-refractivity contribution in [2.45, 2.75) is 45.6 Å². The van der Waals surface area contributed by atoms with E-state index in [9.17, 15) is 0 Å². The molecule has 0 unspecified atom stereocenters. The number of nitrogens with zero attached hydrogens (tertiary/aromatic N) is 1. The van der Waals surface area contributed by atoms with Crippen LogP contribution in [0.25, 0.3) is 0 Å². The average Bonchev–Trinajstić information content (AvgIpc) is 2.94. The van der Waals surface area contributed by atoms with Crippen molar-refractivity contribution in [3.63, 3.8) is 0 Å². The van der Waals surface area contributed by atoms with E-state index in [1.807, 2.05) is 6.07 Å². The van der Waals surface area contributed by atoms with Gasteiger partial charge >= 0.3 is 0 Å². The lowest BCUT2D eigenvalue weighted by Crippen LogP contribution is -2.47. The van der Waals surface area contributed by atoms with E-state index in [1.54, 1.807) is 0 Å². The van der Waals surface area contributed by atoms with Gasteiger partial charge < -0.3 is 5.32 Å². The number of benzene rings is 1. The first-order valence-electron chi connectivity index (χ1n) is 7.30. The first-order chi connectivity index (χ1) is 9.23. The topological polar surface area (TPSA) is 27.3 Å². The Kier molecular flexibility index (Phi) is 4.35. The molecule has 1 aromatic carbocycles. The predicted molar refractivity (Wildman–Crippen MR) is 81.7 cm³/mol. The molecular weight excluding hydrogens is 234 g/mol. The van der Waals surface area contributed by atoms with Crippen LogP contribution in [0.5, 0.6) is 0 Å². The lowest BCUT2D eigenvalue weighted by Gasteiger charge is -2.34. The number of rotatable bonds is 6. The Balaban J connectivity index is 1.98. The fourth-order valence-electron chi connectivity index (χ4n) is 2.58. The van der Waals surface area contributed by atoms with Crippen molar-refractivity contribution in [1.29, 1.82) is 0 Å². The van der Waals surface area contributed by atoms with Gasteiger partial charge in [-0.2, -0.15) is 0 Å². The Bertz CT molecular complexity index is 413. The summed E-state index contributed by atoms with van der Waals surface area (Å²) in [5, 5.41) is 5.85. The molecule has 1 aliphatic heterocycles. The molecule has 3 nitrogen and oxygen atoms in total. The maximum atomic E-state index is 3.69. The molecular formula is C16H25N3. The molecule has 0 saturated heterocycles. The third-order valence-electron chi connectivity index (χ3n) is 4.23. The highest BCUT2D eigenvalue weighted by atomic mass is 15.6. The Labute approximate surface area is 116 Å². The van der Waals surface area contributed by atoms with Gasteiger partial charge in [-0.15, -0.1) is 0 Å². The van der Waals surface area contributed by atoms with Crippen molar-refractivity contribution < 1.29 is 0 Å². The second-order valence-corrected chi connectivity index (χ2v) is 5.14. The molecule has 0 amide bonds. The number of para-hydroxylation sites is 1. The molecule has 19 heavy (non-hydrogen) atoms. The second-order valence-electron chi connectivity index (χ2n) is 5.14. The summed E-state index contributed by atoms with van der Waals surface area (Å²) in [5.74, 6) is 1.13. The summed E-state index contributed by atoms with van der Waals surface area (Å²) in [6.45, 7) is 7.67. The summed E-state index contributed by atoms with van der Waals surface area (Å²) in [6.07, 6.45) is 5.65. The first kappa shape index (κ1) is 13.8. The van der Waals surface area contributed by atoms with Crippen molar-refractivity contribution in [2.24, 2.45) is 0 Å². The van der Waals surface area contributed by atoms with Crippen LogP contribution < -0.4 is 15.8 Å². The summed E-state index contributed by atoms with van der Waals surface area (Å²) in [5.41, 5.74) is 4.86. The van der Waals surface area contributed by atoms with Crippen LogP contribution in [0.3, 0.4) is 0 Å². The van der Waals surface area contributed by atoms with E-state index in [2.05, 4.69) is 66.9 Å². The van der Waals surface area contributed by atoms with E-state index in [0.717, 1.165) is 31.6 Å². The summed E-state index contributed by atoms with van der Waals surface area (Å²) in [6, 6.07) is 10.4. The van der Waals surface area contributed by atoms with Crippen LogP contribution in [-0.4, -0.2) is 12.1 Å². The van der Waals surface area contributed by atoms with Crippen LogP contribution in [0.15, 0.2) is 42.2 Å². The van der Waals surface area contributed by atoms with E-state index in [1.165, 1.54) is 5.69 Å². The summed E-state index contributed by atoms with van der Waals surface area (Å²) in [4.78, 5) is 0. The van der Waals surface area contributed by atoms with Gasteiger partial charge in [0, 0.05) is 5.54 Å². The van der Waals surface area contributed by atoms with E-state index in [4.69, 9.17) is 0 Å². The molecule has 0 radical (unpaired) electrons. The lowest BCUT2D eigenvalue weighted by molar-refractivity contribution is 0.310. The van der Waals surface area contributed by atoms with Crippen LogP contribution >= 0.6 is 0 Å². The van der Waals surface area contributed by atoms with Crippen LogP contribution in [0, 0.1) is 0 Å². The second kappa shape index (κ2) is 6.00. The third-order valence-corrected chi connectivity index (χ3v) is 4.23. The van der Waals surface area contributed by atoms with Gasteiger partial charge in [0.1, 0.15) is 5.82 Å². The largest absolute Gasteiger partial charge is 0.365 e. The molecule has 1 aliphatic rings. The number of nitrogens with one attached hydrogen (secondary N) is 2. The zero-order valence-corrected chi connectivity index (χ0v) is 12.2. The number of hydrazine groups is 1. The van der Waals surface area contributed by atoms with Crippen LogP contribution in [-0.2, 0) is 0 Å². The van der Waals surface area contributed by atoms with Crippen molar-refractivity contribution in [2.75, 3.05) is 11.6 Å². The van der Waals surface area contributed by atoms with Crippen molar-refractivity contribution in [1.82, 2.24) is 10.7 Å². The van der Waals surface area contributed by atoms with Gasteiger partial charge in [-0.1, -0.05) is 39.0 Å². The smallest absolute Gasteiger partial charge is 0.116 e. The van der Waals surface area contributed by atoms with Crippen LogP contribution in [0.4, 0.5) is 5.69 Å². The molecule has 0 saturated carbocycles. The minimum Gasteiger partial charge on any atom is -0.365 e. The highest BCUT2D eigenvalue weighted by Gasteiger charge is 2.26. The highest BCUT2D eigenvalue weighted by molar-refractivity contribution is 5.47. The molecule has 3 heteroatoms. The Morgan fingerprint density at radius 2 is 1.74 bits per heavy atom. The van der Waals surface area contributed by atoms with Gasteiger partial charge in [-0.3, -0.25) is 10.4 Å². The van der Waals surface area contributed by atoms with Gasteiger partial charge in [-0.05, 0) is 37.5 Å². The first-order valence-corrected chi connectivity index (χ1v) is 7.30. The zero-order chi connectivity index (χ0) is 13.7. The summed E-state index contributed by atoms with van der Waals surface area (Å²) in [7, 11) is 0. The predicted octanol–water partition coefficient (Wildman–Crippen LogP) is 3.41. The average molecular weight is 259 g/mol. The molecule has 2 rings (SSSR count). The quantitative estimate of drug-likeness (QED) is 0.820. The monoisotopic (exact) mass is 259 g/mol. The summed E-state index contributed by atoms with van der Waals surface area (Å²) >= 11 is 0. The molecule has 1 aromatic rings. The van der Waals surface area contributed by atoms with Gasteiger partial charge in [0.05, 0.1) is 12.2 Å². The number of anilines is 1. The van der Waals surface area contributed by atoms with Crippen LogP contribution in [0.2, 0.25) is 0 Å². The van der Waals surface area contributed by atoms with Gasteiger partial charge in [0.2, 0.25) is 0 Å². The maximum absolute atomic E-state index is 3.69.